The third-order valence-corrected chi connectivity index (χ3v) is 13.1. The molecule has 0 aromatic rings. The smallest absolute Gasteiger partial charge is 0.361 e. The number of unbranched alkanes of at least 4 members (excludes halogenated alkanes) is 32. The van der Waals surface area contributed by atoms with Crippen LogP contribution in [0.15, 0.2) is 48.6 Å². The number of nitrogens with zero attached hydrogens (tertiary/aromatic N) is 1. The van der Waals surface area contributed by atoms with Crippen LogP contribution in [0.3, 0.4) is 0 Å². The van der Waals surface area contributed by atoms with Crippen LogP contribution in [0.25, 0.3) is 0 Å². The highest BCUT2D eigenvalue weighted by Gasteiger charge is 2.25. The number of ether oxygens (including phenoxy) is 4. The number of carboxylic acids is 1. The lowest BCUT2D eigenvalue weighted by Gasteiger charge is -2.25. The minimum Gasteiger partial charge on any atom is -0.477 e. The largest absolute Gasteiger partial charge is 0.477 e. The topological polar surface area (TPSA) is 108 Å². The minimum atomic E-state index is -1.51. The zero-order valence-corrected chi connectivity index (χ0v) is 47.1. The number of carbonyl (C=O) groups excluding carboxylic acids is 2. The molecular formula is C62H114NO8+. The first kappa shape index (κ1) is 68.2. The highest BCUT2D eigenvalue weighted by Crippen LogP contribution is 2.17. The average molecular weight is 1000 g/mol. The van der Waals surface area contributed by atoms with E-state index in [9.17, 15) is 19.5 Å². The van der Waals surface area contributed by atoms with Gasteiger partial charge in [0.05, 0.1) is 34.4 Å². The molecule has 0 aliphatic carbocycles. The second-order valence-corrected chi connectivity index (χ2v) is 21.3. The molecule has 1 N–H and O–H groups in total. The molecule has 2 atom stereocenters. The first-order valence-corrected chi connectivity index (χ1v) is 29.8. The predicted molar refractivity (Wildman–Crippen MR) is 300 cm³/mol. The van der Waals surface area contributed by atoms with Gasteiger partial charge in [0.2, 0.25) is 0 Å². The number of esters is 2. The van der Waals surface area contributed by atoms with E-state index in [1.54, 1.807) is 0 Å². The SMILES string of the molecule is CC/C=C\C/C=C\C/C=C\C/C=C\CCCCCCCCCCCCCCCCCCCCCCCCC(=O)OC(COC(=O)CCCCCCCCCCCCC)COC(OCC[N+](C)(C)C)C(=O)O. The van der Waals surface area contributed by atoms with E-state index in [1.807, 2.05) is 21.1 Å². The zero-order valence-electron chi connectivity index (χ0n) is 47.1. The molecule has 9 nitrogen and oxygen atoms in total. The van der Waals surface area contributed by atoms with Gasteiger partial charge in [0.25, 0.3) is 6.29 Å². The molecule has 0 aromatic heterocycles. The van der Waals surface area contributed by atoms with Gasteiger partial charge < -0.3 is 28.5 Å². The monoisotopic (exact) mass is 1000 g/mol. The molecule has 0 rings (SSSR count). The first-order chi connectivity index (χ1) is 34.6. The van der Waals surface area contributed by atoms with Crippen molar-refractivity contribution >= 4 is 17.9 Å². The molecule has 0 aliphatic rings. The van der Waals surface area contributed by atoms with E-state index in [-0.39, 0.29) is 38.2 Å². The molecule has 0 spiro atoms. The van der Waals surface area contributed by atoms with Crippen LogP contribution in [0.1, 0.15) is 271 Å². The van der Waals surface area contributed by atoms with E-state index in [1.165, 1.54) is 180 Å². The van der Waals surface area contributed by atoms with E-state index in [4.69, 9.17) is 18.9 Å². The summed E-state index contributed by atoms with van der Waals surface area (Å²) in [6.45, 7) is 4.78. The molecule has 0 radical (unpaired) electrons. The lowest BCUT2D eigenvalue weighted by molar-refractivity contribution is -0.870. The van der Waals surface area contributed by atoms with Crippen LogP contribution in [-0.4, -0.2) is 87.4 Å². The van der Waals surface area contributed by atoms with Gasteiger partial charge in [-0.3, -0.25) is 9.59 Å². The molecule has 71 heavy (non-hydrogen) atoms. The van der Waals surface area contributed by atoms with Gasteiger partial charge in [-0.25, -0.2) is 4.79 Å². The number of hydrogen-bond donors (Lipinski definition) is 1. The van der Waals surface area contributed by atoms with Crippen LogP contribution >= 0.6 is 0 Å². The molecule has 0 aromatic carbocycles. The van der Waals surface area contributed by atoms with Gasteiger partial charge >= 0.3 is 17.9 Å². The van der Waals surface area contributed by atoms with Crippen LogP contribution in [0.4, 0.5) is 0 Å². The Morgan fingerprint density at radius 1 is 0.437 bits per heavy atom. The van der Waals surface area contributed by atoms with Gasteiger partial charge in [0.15, 0.2) is 6.10 Å². The summed E-state index contributed by atoms with van der Waals surface area (Å²) in [5.74, 6) is -1.99. The van der Waals surface area contributed by atoms with Gasteiger partial charge in [-0.05, 0) is 51.4 Å². The zero-order chi connectivity index (χ0) is 52.0. The summed E-state index contributed by atoms with van der Waals surface area (Å²) in [6.07, 6.45) is 63.6. The highest BCUT2D eigenvalue weighted by atomic mass is 16.7. The Morgan fingerprint density at radius 3 is 1.20 bits per heavy atom. The molecule has 0 saturated carbocycles. The van der Waals surface area contributed by atoms with Crippen molar-refractivity contribution in [1.82, 2.24) is 0 Å². The maximum absolute atomic E-state index is 12.8. The van der Waals surface area contributed by atoms with Crippen molar-refractivity contribution in [3.05, 3.63) is 48.6 Å². The van der Waals surface area contributed by atoms with Gasteiger partial charge in [0, 0.05) is 12.8 Å². The fourth-order valence-corrected chi connectivity index (χ4v) is 8.54. The maximum Gasteiger partial charge on any atom is 0.361 e. The summed E-state index contributed by atoms with van der Waals surface area (Å²) >= 11 is 0. The van der Waals surface area contributed by atoms with Gasteiger partial charge in [-0.2, -0.15) is 0 Å². The maximum atomic E-state index is 12.8. The van der Waals surface area contributed by atoms with E-state index >= 15 is 0 Å². The van der Waals surface area contributed by atoms with Crippen LogP contribution < -0.4 is 0 Å². The molecule has 0 fully saturated rings. The van der Waals surface area contributed by atoms with Crippen LogP contribution in [0.5, 0.6) is 0 Å². The Morgan fingerprint density at radius 2 is 0.803 bits per heavy atom. The summed E-state index contributed by atoms with van der Waals surface area (Å²) in [4.78, 5) is 37.3. The standard InChI is InChI=1S/C62H113NO8/c1-6-8-10-12-14-16-18-19-20-21-22-23-24-25-26-27-28-29-30-31-32-33-34-35-36-37-38-39-40-41-43-45-47-49-51-53-60(65)71-58(57-70-62(61(66)67)68-55-54-63(3,4)5)56-69-59(64)52-50-48-46-44-42-17-15-13-11-9-7-2/h8,10,14,16,19-20,22-23,58,62H,6-7,9,11-13,15,17-18,21,24-57H2,1-5H3/p+1/b10-8-,16-14-,20-19-,23-22-. The summed E-state index contributed by atoms with van der Waals surface area (Å²) in [6, 6.07) is 0. The molecule has 0 aliphatic heterocycles. The average Bonchev–Trinajstić information content (AvgIpc) is 3.34. The number of allylic oxidation sites excluding steroid dienone is 8. The summed E-state index contributed by atoms with van der Waals surface area (Å²) in [7, 11) is 5.97. The molecule has 0 amide bonds. The van der Waals surface area contributed by atoms with Crippen molar-refractivity contribution in [1.29, 1.82) is 0 Å². The number of aliphatic carboxylic acids is 1. The summed E-state index contributed by atoms with van der Waals surface area (Å²) in [5, 5.41) is 9.68. The molecule has 0 bridgehead atoms. The Labute approximate surface area is 438 Å². The van der Waals surface area contributed by atoms with E-state index in [0.717, 1.165) is 64.2 Å². The second kappa shape index (κ2) is 53.5. The number of quaternary nitrogens is 1. The first-order valence-electron chi connectivity index (χ1n) is 29.8. The van der Waals surface area contributed by atoms with E-state index in [0.29, 0.717) is 17.4 Å². The van der Waals surface area contributed by atoms with Gasteiger partial charge in [-0.1, -0.05) is 255 Å². The Balaban J connectivity index is 3.98. The third kappa shape index (κ3) is 54.9. The number of carboxylic acid groups (broad SMARTS) is 1. The Hall–Kier alpha value is -2.75. The van der Waals surface area contributed by atoms with E-state index in [2.05, 4.69) is 62.5 Å². The molecule has 0 heterocycles. The lowest BCUT2D eigenvalue weighted by atomic mass is 10.0. The molecule has 0 saturated heterocycles. The van der Waals surface area contributed by atoms with Crippen LogP contribution in [-0.2, 0) is 33.3 Å². The van der Waals surface area contributed by atoms with Crippen molar-refractivity contribution in [2.75, 3.05) is 47.5 Å². The summed E-state index contributed by atoms with van der Waals surface area (Å²) < 4.78 is 22.8. The van der Waals surface area contributed by atoms with Gasteiger partial charge in [-0.15, -0.1) is 0 Å². The van der Waals surface area contributed by atoms with Gasteiger partial charge in [0.1, 0.15) is 13.2 Å². The van der Waals surface area contributed by atoms with Crippen LogP contribution in [0, 0.1) is 0 Å². The van der Waals surface area contributed by atoms with Crippen molar-refractivity contribution in [3.8, 4) is 0 Å². The highest BCUT2D eigenvalue weighted by molar-refractivity contribution is 5.71. The minimum absolute atomic E-state index is 0.177. The van der Waals surface area contributed by atoms with Crippen molar-refractivity contribution in [2.24, 2.45) is 0 Å². The van der Waals surface area contributed by atoms with Crippen molar-refractivity contribution < 1.29 is 42.9 Å². The normalized spacial score (nSPS) is 13.1. The summed E-state index contributed by atoms with van der Waals surface area (Å²) in [5.41, 5.74) is 0. The molecule has 2 unspecified atom stereocenters. The van der Waals surface area contributed by atoms with Crippen molar-refractivity contribution in [2.45, 2.75) is 283 Å². The van der Waals surface area contributed by atoms with Crippen molar-refractivity contribution in [3.63, 3.8) is 0 Å². The second-order valence-electron chi connectivity index (χ2n) is 21.3. The lowest BCUT2D eigenvalue weighted by Crippen LogP contribution is -2.40. The quantitative estimate of drug-likeness (QED) is 0.0211. The third-order valence-electron chi connectivity index (χ3n) is 13.1. The number of likely N-dealkylation sites (N-methyl/N-ethyl adjacent to an activating group) is 1. The fraction of sp³-hybridized carbons (Fsp3) is 0.823. The fourth-order valence-electron chi connectivity index (χ4n) is 8.54. The number of hydrogen-bond acceptors (Lipinski definition) is 7. The molecule has 414 valence electrons. The van der Waals surface area contributed by atoms with E-state index < -0.39 is 18.4 Å². The molecule has 9 heteroatoms. The number of rotatable bonds is 55. The Bertz CT molecular complexity index is 1300. The predicted octanol–water partition coefficient (Wildman–Crippen LogP) is 17.5. The Kier molecular flexibility index (Phi) is 51.5. The molecular weight excluding hydrogens is 887 g/mol. The van der Waals surface area contributed by atoms with Crippen LogP contribution in [0.2, 0.25) is 0 Å². The number of carbonyl (C=O) groups is 3.